The van der Waals surface area contributed by atoms with Gasteiger partial charge in [-0.3, -0.25) is 4.79 Å². The standard InChI is InChI=1S/C16H24N2O/c1-16(2,13-7-5-4-6-8-13)11-15(19)18(3)14-9-10-17-12-14/h4-8,14,17H,9-12H2,1-3H3. The van der Waals surface area contributed by atoms with Crippen molar-refractivity contribution in [1.29, 1.82) is 0 Å². The van der Waals surface area contributed by atoms with Crippen LogP contribution in [0.3, 0.4) is 0 Å². The molecule has 0 spiro atoms. The fraction of sp³-hybridized carbons (Fsp3) is 0.562. The van der Waals surface area contributed by atoms with Crippen LogP contribution in [0.1, 0.15) is 32.3 Å². The van der Waals surface area contributed by atoms with Gasteiger partial charge in [-0.25, -0.2) is 0 Å². The zero-order chi connectivity index (χ0) is 13.9. The summed E-state index contributed by atoms with van der Waals surface area (Å²) >= 11 is 0. The van der Waals surface area contributed by atoms with Gasteiger partial charge < -0.3 is 10.2 Å². The first-order valence-electron chi connectivity index (χ1n) is 7.02. The van der Waals surface area contributed by atoms with Gasteiger partial charge in [-0.1, -0.05) is 44.2 Å². The largest absolute Gasteiger partial charge is 0.341 e. The van der Waals surface area contributed by atoms with Crippen LogP contribution >= 0.6 is 0 Å². The molecule has 1 atom stereocenters. The number of nitrogens with one attached hydrogen (secondary N) is 1. The van der Waals surface area contributed by atoms with Crippen LogP contribution < -0.4 is 5.32 Å². The third-order valence-corrected chi connectivity index (χ3v) is 4.12. The molecular formula is C16H24N2O. The maximum atomic E-state index is 12.4. The number of hydrogen-bond acceptors (Lipinski definition) is 2. The minimum atomic E-state index is -0.112. The summed E-state index contributed by atoms with van der Waals surface area (Å²) in [5.74, 6) is 0.238. The average molecular weight is 260 g/mol. The molecule has 0 bridgehead atoms. The van der Waals surface area contributed by atoms with Crippen LogP contribution in [0.25, 0.3) is 0 Å². The zero-order valence-electron chi connectivity index (χ0n) is 12.1. The number of carbonyl (C=O) groups excluding carboxylic acids is 1. The van der Waals surface area contributed by atoms with E-state index in [0.717, 1.165) is 19.5 Å². The maximum Gasteiger partial charge on any atom is 0.223 e. The lowest BCUT2D eigenvalue weighted by molar-refractivity contribution is -0.132. The summed E-state index contributed by atoms with van der Waals surface area (Å²) in [5, 5.41) is 3.31. The van der Waals surface area contributed by atoms with Gasteiger partial charge in [0.1, 0.15) is 0 Å². The molecule has 1 aromatic carbocycles. The Morgan fingerprint density at radius 1 is 1.37 bits per heavy atom. The Kier molecular flexibility index (Phi) is 4.25. The SMILES string of the molecule is CN(C(=O)CC(C)(C)c1ccccc1)C1CCNC1. The van der Waals surface area contributed by atoms with Gasteiger partial charge in [0, 0.05) is 26.1 Å². The number of carbonyl (C=O) groups is 1. The Balaban J connectivity index is 2.01. The molecule has 1 fully saturated rings. The molecule has 1 heterocycles. The van der Waals surface area contributed by atoms with Gasteiger partial charge in [-0.05, 0) is 23.9 Å². The first-order chi connectivity index (χ1) is 9.00. The molecule has 1 N–H and O–H groups in total. The molecular weight excluding hydrogens is 236 g/mol. The summed E-state index contributed by atoms with van der Waals surface area (Å²) in [4.78, 5) is 14.3. The molecule has 0 saturated carbocycles. The van der Waals surface area contributed by atoms with Crippen molar-refractivity contribution in [2.45, 2.75) is 38.1 Å². The number of rotatable bonds is 4. The monoisotopic (exact) mass is 260 g/mol. The number of benzene rings is 1. The second-order valence-corrected chi connectivity index (χ2v) is 6.08. The van der Waals surface area contributed by atoms with Gasteiger partial charge in [0.2, 0.25) is 5.91 Å². The third-order valence-electron chi connectivity index (χ3n) is 4.12. The summed E-state index contributed by atoms with van der Waals surface area (Å²) in [5.41, 5.74) is 1.11. The Bertz CT molecular complexity index is 422. The van der Waals surface area contributed by atoms with E-state index < -0.39 is 0 Å². The topological polar surface area (TPSA) is 32.3 Å². The summed E-state index contributed by atoms with van der Waals surface area (Å²) in [7, 11) is 1.93. The number of nitrogens with zero attached hydrogens (tertiary/aromatic N) is 1. The van der Waals surface area contributed by atoms with Crippen LogP contribution in [-0.2, 0) is 10.2 Å². The predicted octanol–water partition coefficient (Wildman–Crippen LogP) is 2.17. The van der Waals surface area contributed by atoms with E-state index in [2.05, 4.69) is 31.3 Å². The van der Waals surface area contributed by atoms with Crippen LogP contribution in [0.15, 0.2) is 30.3 Å². The highest BCUT2D eigenvalue weighted by atomic mass is 16.2. The number of likely N-dealkylation sites (N-methyl/N-ethyl adjacent to an activating group) is 1. The summed E-state index contributed by atoms with van der Waals surface area (Å²) in [6, 6.07) is 10.6. The molecule has 1 aromatic rings. The summed E-state index contributed by atoms with van der Waals surface area (Å²) in [6.45, 7) is 6.22. The Morgan fingerprint density at radius 3 is 2.63 bits per heavy atom. The highest BCUT2D eigenvalue weighted by Crippen LogP contribution is 2.27. The van der Waals surface area contributed by atoms with E-state index in [4.69, 9.17) is 0 Å². The molecule has 1 unspecified atom stereocenters. The van der Waals surface area contributed by atoms with Crippen LogP contribution in [0.4, 0.5) is 0 Å². The van der Waals surface area contributed by atoms with E-state index in [-0.39, 0.29) is 11.3 Å². The number of hydrogen-bond donors (Lipinski definition) is 1. The highest BCUT2D eigenvalue weighted by Gasteiger charge is 2.29. The van der Waals surface area contributed by atoms with E-state index in [9.17, 15) is 4.79 Å². The summed E-state index contributed by atoms with van der Waals surface area (Å²) < 4.78 is 0. The van der Waals surface area contributed by atoms with Gasteiger partial charge in [0.05, 0.1) is 0 Å². The lowest BCUT2D eigenvalue weighted by Crippen LogP contribution is -2.40. The van der Waals surface area contributed by atoms with E-state index in [1.54, 1.807) is 0 Å². The molecule has 1 saturated heterocycles. The molecule has 1 aliphatic heterocycles. The molecule has 0 aromatic heterocycles. The molecule has 0 aliphatic carbocycles. The molecule has 3 heteroatoms. The second kappa shape index (κ2) is 5.74. The minimum absolute atomic E-state index is 0.112. The van der Waals surface area contributed by atoms with Crippen molar-refractivity contribution in [2.24, 2.45) is 0 Å². The second-order valence-electron chi connectivity index (χ2n) is 6.08. The summed E-state index contributed by atoms with van der Waals surface area (Å²) in [6.07, 6.45) is 1.62. The van der Waals surface area contributed by atoms with Gasteiger partial charge in [0.15, 0.2) is 0 Å². The van der Waals surface area contributed by atoms with Crippen LogP contribution in [0.2, 0.25) is 0 Å². The minimum Gasteiger partial charge on any atom is -0.341 e. The Labute approximate surface area is 116 Å². The van der Waals surface area contributed by atoms with Crippen LogP contribution in [0.5, 0.6) is 0 Å². The van der Waals surface area contributed by atoms with Crippen molar-refractivity contribution >= 4 is 5.91 Å². The molecule has 0 radical (unpaired) electrons. The van der Waals surface area contributed by atoms with Crippen molar-refractivity contribution in [3.05, 3.63) is 35.9 Å². The predicted molar refractivity (Wildman–Crippen MR) is 78.1 cm³/mol. The molecule has 19 heavy (non-hydrogen) atoms. The first-order valence-corrected chi connectivity index (χ1v) is 7.02. The van der Waals surface area contributed by atoms with Gasteiger partial charge in [-0.2, -0.15) is 0 Å². The van der Waals surface area contributed by atoms with Crippen molar-refractivity contribution < 1.29 is 4.79 Å². The van der Waals surface area contributed by atoms with E-state index in [1.807, 2.05) is 30.1 Å². The van der Waals surface area contributed by atoms with Crippen molar-refractivity contribution in [3.63, 3.8) is 0 Å². The molecule has 2 rings (SSSR count). The molecule has 3 nitrogen and oxygen atoms in total. The maximum absolute atomic E-state index is 12.4. The number of amides is 1. The van der Waals surface area contributed by atoms with Crippen molar-refractivity contribution in [2.75, 3.05) is 20.1 Å². The third kappa shape index (κ3) is 3.35. The van der Waals surface area contributed by atoms with Gasteiger partial charge in [-0.15, -0.1) is 0 Å². The van der Waals surface area contributed by atoms with E-state index >= 15 is 0 Å². The van der Waals surface area contributed by atoms with Crippen LogP contribution in [0, 0.1) is 0 Å². The van der Waals surface area contributed by atoms with E-state index in [0.29, 0.717) is 12.5 Å². The van der Waals surface area contributed by atoms with Gasteiger partial charge >= 0.3 is 0 Å². The Morgan fingerprint density at radius 2 is 2.05 bits per heavy atom. The molecule has 1 amide bonds. The van der Waals surface area contributed by atoms with Gasteiger partial charge in [0.25, 0.3) is 0 Å². The molecule has 1 aliphatic rings. The normalized spacial score (nSPS) is 19.4. The quantitative estimate of drug-likeness (QED) is 0.900. The Hall–Kier alpha value is -1.35. The van der Waals surface area contributed by atoms with Crippen molar-refractivity contribution in [3.8, 4) is 0 Å². The zero-order valence-corrected chi connectivity index (χ0v) is 12.1. The smallest absolute Gasteiger partial charge is 0.223 e. The molecule has 104 valence electrons. The highest BCUT2D eigenvalue weighted by molar-refractivity contribution is 5.77. The average Bonchev–Trinajstić information content (AvgIpc) is 2.92. The lowest BCUT2D eigenvalue weighted by atomic mass is 9.81. The fourth-order valence-corrected chi connectivity index (χ4v) is 2.67. The fourth-order valence-electron chi connectivity index (χ4n) is 2.67. The van der Waals surface area contributed by atoms with Crippen molar-refractivity contribution in [1.82, 2.24) is 10.2 Å². The first kappa shape index (κ1) is 14.1. The lowest BCUT2D eigenvalue weighted by Gasteiger charge is -2.30. The van der Waals surface area contributed by atoms with E-state index in [1.165, 1.54) is 5.56 Å². The van der Waals surface area contributed by atoms with Crippen LogP contribution in [-0.4, -0.2) is 37.0 Å².